The maximum atomic E-state index is 12.4. The smallest absolute Gasteiger partial charge is 0.237 e. The van der Waals surface area contributed by atoms with Gasteiger partial charge in [-0.2, -0.15) is 0 Å². The predicted octanol–water partition coefficient (Wildman–Crippen LogP) is 2.97. The van der Waals surface area contributed by atoms with E-state index in [1.54, 1.807) is 7.11 Å². The third-order valence-corrected chi connectivity index (χ3v) is 4.44. The highest BCUT2D eigenvalue weighted by molar-refractivity contribution is 5.81. The molecule has 122 valence electrons. The van der Waals surface area contributed by atoms with E-state index in [0.29, 0.717) is 6.54 Å². The van der Waals surface area contributed by atoms with Crippen molar-refractivity contribution in [2.75, 3.05) is 20.2 Å². The van der Waals surface area contributed by atoms with Gasteiger partial charge in [-0.05, 0) is 50.6 Å². The Bertz CT molecular complexity index is 451. The fourth-order valence-corrected chi connectivity index (χ4v) is 2.91. The van der Waals surface area contributed by atoms with Crippen LogP contribution in [0.3, 0.4) is 0 Å². The van der Waals surface area contributed by atoms with Crippen molar-refractivity contribution in [2.45, 2.75) is 51.6 Å². The largest absolute Gasteiger partial charge is 0.497 e. The van der Waals surface area contributed by atoms with Crippen molar-refractivity contribution in [2.24, 2.45) is 0 Å². The molecule has 1 fully saturated rings. The van der Waals surface area contributed by atoms with E-state index >= 15 is 0 Å². The lowest BCUT2D eigenvalue weighted by molar-refractivity contribution is -0.126. The third-order valence-electron chi connectivity index (χ3n) is 4.44. The molecule has 0 aromatic heterocycles. The first-order valence-corrected chi connectivity index (χ1v) is 8.35. The molecule has 1 aliphatic heterocycles. The van der Waals surface area contributed by atoms with Crippen molar-refractivity contribution >= 4 is 5.91 Å². The predicted molar refractivity (Wildman–Crippen MR) is 89.0 cm³/mol. The fourth-order valence-electron chi connectivity index (χ4n) is 2.91. The minimum Gasteiger partial charge on any atom is -0.497 e. The van der Waals surface area contributed by atoms with Gasteiger partial charge in [0.15, 0.2) is 0 Å². The van der Waals surface area contributed by atoms with Crippen LogP contribution in [-0.4, -0.2) is 37.0 Å². The van der Waals surface area contributed by atoms with Crippen LogP contribution in [-0.2, 0) is 11.3 Å². The topological polar surface area (TPSA) is 41.6 Å². The lowest BCUT2D eigenvalue weighted by atomic mass is 10.1. The maximum absolute atomic E-state index is 12.4. The van der Waals surface area contributed by atoms with Crippen molar-refractivity contribution in [3.63, 3.8) is 0 Å². The van der Waals surface area contributed by atoms with Gasteiger partial charge in [-0.15, -0.1) is 0 Å². The van der Waals surface area contributed by atoms with Crippen molar-refractivity contribution in [1.82, 2.24) is 10.2 Å². The summed E-state index contributed by atoms with van der Waals surface area (Å²) in [6.45, 7) is 4.67. The number of carbonyl (C=O) groups is 1. The fraction of sp³-hybridized carbons (Fsp3) is 0.611. The summed E-state index contributed by atoms with van der Waals surface area (Å²) in [5.41, 5.74) is 1.09. The van der Waals surface area contributed by atoms with Crippen LogP contribution in [0.4, 0.5) is 0 Å². The van der Waals surface area contributed by atoms with Gasteiger partial charge in [0.1, 0.15) is 5.75 Å². The van der Waals surface area contributed by atoms with Gasteiger partial charge in [0.05, 0.1) is 13.2 Å². The van der Waals surface area contributed by atoms with E-state index in [1.807, 2.05) is 31.2 Å². The summed E-state index contributed by atoms with van der Waals surface area (Å²) in [6.07, 6.45) is 6.32. The Morgan fingerprint density at radius 3 is 2.32 bits per heavy atom. The number of benzene rings is 1. The van der Waals surface area contributed by atoms with Crippen LogP contribution in [0.2, 0.25) is 0 Å². The molecule has 0 saturated carbocycles. The van der Waals surface area contributed by atoms with Crippen LogP contribution in [0.15, 0.2) is 24.3 Å². The first-order valence-electron chi connectivity index (χ1n) is 8.35. The van der Waals surface area contributed by atoms with Gasteiger partial charge in [0, 0.05) is 6.54 Å². The second-order valence-electron chi connectivity index (χ2n) is 6.05. The standard InChI is InChI=1S/C18H28N2O2/c1-15(20-12-6-4-3-5-7-13-20)18(21)19-14-16-8-10-17(22-2)11-9-16/h8-11,15H,3-7,12-14H2,1-2H3,(H,19,21)/t15-/m1/s1. The summed E-state index contributed by atoms with van der Waals surface area (Å²) >= 11 is 0. The molecule has 1 atom stereocenters. The molecule has 0 spiro atoms. The van der Waals surface area contributed by atoms with E-state index in [4.69, 9.17) is 4.74 Å². The number of rotatable bonds is 5. The summed E-state index contributed by atoms with van der Waals surface area (Å²) in [6, 6.07) is 7.77. The maximum Gasteiger partial charge on any atom is 0.237 e. The van der Waals surface area contributed by atoms with E-state index in [2.05, 4.69) is 10.2 Å². The lowest BCUT2D eigenvalue weighted by Gasteiger charge is -2.29. The van der Waals surface area contributed by atoms with E-state index in [-0.39, 0.29) is 11.9 Å². The molecule has 0 aliphatic carbocycles. The molecule has 1 aliphatic rings. The van der Waals surface area contributed by atoms with Gasteiger partial charge in [-0.3, -0.25) is 9.69 Å². The highest BCUT2D eigenvalue weighted by atomic mass is 16.5. The molecule has 1 aromatic carbocycles. The molecule has 1 heterocycles. The molecule has 1 saturated heterocycles. The molecule has 4 heteroatoms. The number of hydrogen-bond acceptors (Lipinski definition) is 3. The first kappa shape index (κ1) is 16.8. The number of ether oxygens (including phenoxy) is 1. The SMILES string of the molecule is COc1ccc(CNC(=O)[C@@H](C)N2CCCCCCC2)cc1. The van der Waals surface area contributed by atoms with Crippen LogP contribution in [0.25, 0.3) is 0 Å². The first-order chi connectivity index (χ1) is 10.7. The van der Waals surface area contributed by atoms with E-state index < -0.39 is 0 Å². The second-order valence-corrected chi connectivity index (χ2v) is 6.05. The van der Waals surface area contributed by atoms with E-state index in [0.717, 1.165) is 24.4 Å². The lowest BCUT2D eigenvalue weighted by Crippen LogP contribution is -2.46. The summed E-state index contributed by atoms with van der Waals surface area (Å²) in [5, 5.41) is 3.05. The van der Waals surface area contributed by atoms with Gasteiger partial charge in [0.25, 0.3) is 0 Å². The van der Waals surface area contributed by atoms with E-state index in [1.165, 1.54) is 32.1 Å². The average Bonchev–Trinajstić information content (AvgIpc) is 2.52. The molecule has 1 N–H and O–H groups in total. The number of methoxy groups -OCH3 is 1. The van der Waals surface area contributed by atoms with E-state index in [9.17, 15) is 4.79 Å². The molecule has 1 aromatic rings. The van der Waals surface area contributed by atoms with Crippen molar-refractivity contribution in [1.29, 1.82) is 0 Å². The minimum atomic E-state index is -0.0450. The molecular weight excluding hydrogens is 276 g/mol. The number of amides is 1. The highest BCUT2D eigenvalue weighted by Crippen LogP contribution is 2.14. The van der Waals surface area contributed by atoms with Crippen molar-refractivity contribution < 1.29 is 9.53 Å². The Labute approximate surface area is 133 Å². The third kappa shape index (κ3) is 5.02. The molecule has 0 unspecified atom stereocenters. The number of likely N-dealkylation sites (tertiary alicyclic amines) is 1. The van der Waals surface area contributed by atoms with Crippen LogP contribution >= 0.6 is 0 Å². The highest BCUT2D eigenvalue weighted by Gasteiger charge is 2.21. The van der Waals surface area contributed by atoms with Crippen molar-refractivity contribution in [3.8, 4) is 5.75 Å². The van der Waals surface area contributed by atoms with Crippen LogP contribution < -0.4 is 10.1 Å². The number of nitrogens with zero attached hydrogens (tertiary/aromatic N) is 1. The monoisotopic (exact) mass is 304 g/mol. The average molecular weight is 304 g/mol. The molecule has 0 bridgehead atoms. The molecule has 2 rings (SSSR count). The Morgan fingerprint density at radius 1 is 1.14 bits per heavy atom. The van der Waals surface area contributed by atoms with Gasteiger partial charge < -0.3 is 10.1 Å². The zero-order valence-corrected chi connectivity index (χ0v) is 13.8. The number of carbonyl (C=O) groups excluding carboxylic acids is 1. The Balaban J connectivity index is 1.81. The molecule has 1 amide bonds. The van der Waals surface area contributed by atoms with Crippen LogP contribution in [0.1, 0.15) is 44.6 Å². The zero-order chi connectivity index (χ0) is 15.8. The minimum absolute atomic E-state index is 0.0450. The molecule has 22 heavy (non-hydrogen) atoms. The Morgan fingerprint density at radius 2 is 1.73 bits per heavy atom. The van der Waals surface area contributed by atoms with Gasteiger partial charge in [-0.1, -0.05) is 31.4 Å². The molecule has 4 nitrogen and oxygen atoms in total. The van der Waals surface area contributed by atoms with Gasteiger partial charge >= 0.3 is 0 Å². The summed E-state index contributed by atoms with van der Waals surface area (Å²) in [5.74, 6) is 0.959. The number of nitrogens with one attached hydrogen (secondary N) is 1. The Kier molecular flexibility index (Phi) is 6.72. The normalized spacial score (nSPS) is 18.1. The summed E-state index contributed by atoms with van der Waals surface area (Å²) in [7, 11) is 1.65. The zero-order valence-electron chi connectivity index (χ0n) is 13.8. The summed E-state index contributed by atoms with van der Waals surface area (Å²) in [4.78, 5) is 14.7. The van der Waals surface area contributed by atoms with Crippen LogP contribution in [0.5, 0.6) is 5.75 Å². The molecular formula is C18H28N2O2. The quantitative estimate of drug-likeness (QED) is 0.909. The van der Waals surface area contributed by atoms with Crippen molar-refractivity contribution in [3.05, 3.63) is 29.8 Å². The van der Waals surface area contributed by atoms with Gasteiger partial charge in [-0.25, -0.2) is 0 Å². The number of hydrogen-bond donors (Lipinski definition) is 1. The Hall–Kier alpha value is -1.55. The molecule has 0 radical (unpaired) electrons. The second kappa shape index (κ2) is 8.79. The van der Waals surface area contributed by atoms with Gasteiger partial charge in [0.2, 0.25) is 5.91 Å². The van der Waals surface area contributed by atoms with Crippen LogP contribution in [0, 0.1) is 0 Å². The summed E-state index contributed by atoms with van der Waals surface area (Å²) < 4.78 is 5.14.